The van der Waals surface area contributed by atoms with Crippen molar-refractivity contribution in [1.82, 2.24) is 0 Å². The van der Waals surface area contributed by atoms with Crippen LogP contribution in [-0.4, -0.2) is 34.9 Å². The first-order chi connectivity index (χ1) is 10.9. The van der Waals surface area contributed by atoms with Crippen molar-refractivity contribution in [2.75, 3.05) is 12.8 Å². The fourth-order valence-electron chi connectivity index (χ4n) is 2.01. The van der Waals surface area contributed by atoms with Crippen LogP contribution < -0.4 is 10.5 Å². The number of carboxylic acid groups (broad SMARTS) is 1. The van der Waals surface area contributed by atoms with Gasteiger partial charge in [0.2, 0.25) is 0 Å². The van der Waals surface area contributed by atoms with E-state index in [4.69, 9.17) is 22.1 Å². The van der Waals surface area contributed by atoms with Crippen molar-refractivity contribution in [3.8, 4) is 5.75 Å². The van der Waals surface area contributed by atoms with E-state index < -0.39 is 17.3 Å². The second-order valence-electron chi connectivity index (χ2n) is 4.75. The normalized spacial score (nSPS) is 12.8. The van der Waals surface area contributed by atoms with Crippen molar-refractivity contribution in [3.63, 3.8) is 0 Å². The Morgan fingerprint density at radius 1 is 1.25 bits per heavy atom. The second kappa shape index (κ2) is 8.79. The molecule has 2 unspecified atom stereocenters. The maximum absolute atomic E-state index is 11.2. The topological polar surface area (TPSA) is 124 Å². The van der Waals surface area contributed by atoms with Crippen LogP contribution in [0, 0.1) is 0 Å². The van der Waals surface area contributed by atoms with Crippen LogP contribution in [0.4, 0.5) is 5.69 Å². The minimum atomic E-state index is -1.61. The number of aliphatic hydroxyl groups is 1. The largest absolute Gasteiger partial charge is 0.497 e. The summed E-state index contributed by atoms with van der Waals surface area (Å²) in [6.45, 7) is 0. The number of methoxy groups -OCH3 is 1. The third kappa shape index (κ3) is 4.55. The molecule has 2 aromatic carbocycles. The molecule has 0 saturated carbocycles. The van der Waals surface area contributed by atoms with Crippen LogP contribution >= 0.6 is 23.4 Å². The van der Waals surface area contributed by atoms with Crippen molar-refractivity contribution < 1.29 is 25.2 Å². The lowest BCUT2D eigenvalue weighted by Crippen LogP contribution is -2.26. The molecule has 0 amide bonds. The van der Waals surface area contributed by atoms with Gasteiger partial charge >= 0.3 is 5.97 Å². The van der Waals surface area contributed by atoms with E-state index in [0.29, 0.717) is 26.9 Å². The monoisotopic (exact) mass is 371 g/mol. The van der Waals surface area contributed by atoms with Gasteiger partial charge in [0, 0.05) is 10.6 Å². The molecule has 0 aliphatic carbocycles. The number of nitrogens with two attached hydrogens (primary N) is 1. The summed E-state index contributed by atoms with van der Waals surface area (Å²) in [5, 5.41) is 18.9. The molecule has 0 fully saturated rings. The Morgan fingerprint density at radius 3 is 2.38 bits per heavy atom. The third-order valence-electron chi connectivity index (χ3n) is 3.23. The first-order valence-corrected chi connectivity index (χ1v) is 7.95. The minimum absolute atomic E-state index is 0. The number of thioether (sulfide) groups is 1. The standard InChI is InChI=1S/C16H16ClNO4S.H2O/c1-22-10-7-5-9(6-8-10)14(13(19)16(20)21)23-15-11(17)3-2-4-12(15)18;/h2-8,13-14,19H,18H2,1H3,(H,20,21);1H2. The summed E-state index contributed by atoms with van der Waals surface area (Å²) in [5.41, 5.74) is 6.97. The summed E-state index contributed by atoms with van der Waals surface area (Å²) >= 11 is 7.26. The van der Waals surface area contributed by atoms with Gasteiger partial charge in [-0.2, -0.15) is 0 Å². The van der Waals surface area contributed by atoms with Gasteiger partial charge < -0.3 is 26.2 Å². The van der Waals surface area contributed by atoms with Gasteiger partial charge in [0.1, 0.15) is 5.75 Å². The van der Waals surface area contributed by atoms with Crippen molar-refractivity contribution in [2.45, 2.75) is 16.2 Å². The molecule has 2 rings (SSSR count). The number of aliphatic carboxylic acids is 1. The molecule has 24 heavy (non-hydrogen) atoms. The van der Waals surface area contributed by atoms with Gasteiger partial charge in [-0.25, -0.2) is 4.79 Å². The Kier molecular flexibility index (Phi) is 7.37. The van der Waals surface area contributed by atoms with Gasteiger partial charge in [0.15, 0.2) is 6.10 Å². The van der Waals surface area contributed by atoms with Gasteiger partial charge in [-0.3, -0.25) is 0 Å². The van der Waals surface area contributed by atoms with Crippen LogP contribution in [0.25, 0.3) is 0 Å². The lowest BCUT2D eigenvalue weighted by molar-refractivity contribution is -0.146. The zero-order valence-corrected chi connectivity index (χ0v) is 14.3. The van der Waals surface area contributed by atoms with E-state index in [1.54, 1.807) is 42.5 Å². The summed E-state index contributed by atoms with van der Waals surface area (Å²) in [4.78, 5) is 11.8. The van der Waals surface area contributed by atoms with Crippen molar-refractivity contribution in [1.29, 1.82) is 0 Å². The van der Waals surface area contributed by atoms with Gasteiger partial charge in [0.05, 0.1) is 17.4 Å². The first-order valence-electron chi connectivity index (χ1n) is 6.69. The number of rotatable bonds is 6. The van der Waals surface area contributed by atoms with Gasteiger partial charge in [-0.15, -0.1) is 11.8 Å². The summed E-state index contributed by atoms with van der Waals surface area (Å²) in [5.74, 6) is -0.677. The van der Waals surface area contributed by atoms with Crippen LogP contribution in [0.15, 0.2) is 47.4 Å². The van der Waals surface area contributed by atoms with Gasteiger partial charge in [-0.1, -0.05) is 29.8 Å². The Hall–Kier alpha value is -1.93. The van der Waals surface area contributed by atoms with Crippen LogP contribution in [0.1, 0.15) is 10.8 Å². The second-order valence-corrected chi connectivity index (χ2v) is 6.31. The molecule has 2 aromatic rings. The molecule has 0 bridgehead atoms. The highest BCUT2D eigenvalue weighted by Gasteiger charge is 2.29. The Labute approximate surface area is 148 Å². The van der Waals surface area contributed by atoms with Crippen LogP contribution in [0.5, 0.6) is 5.75 Å². The molecule has 8 heteroatoms. The predicted octanol–water partition coefficient (Wildman–Crippen LogP) is 2.39. The van der Waals surface area contributed by atoms with Crippen molar-refractivity contribution >= 4 is 35.0 Å². The first kappa shape index (κ1) is 20.1. The Bertz CT molecular complexity index is 675. The fourth-order valence-corrected chi connectivity index (χ4v) is 3.51. The van der Waals surface area contributed by atoms with E-state index in [9.17, 15) is 15.0 Å². The van der Waals surface area contributed by atoms with Gasteiger partial charge in [0.25, 0.3) is 0 Å². The highest BCUT2D eigenvalue weighted by Crippen LogP contribution is 2.43. The Morgan fingerprint density at radius 2 is 1.88 bits per heavy atom. The number of carboxylic acids is 1. The lowest BCUT2D eigenvalue weighted by atomic mass is 10.1. The molecule has 6 nitrogen and oxygen atoms in total. The molecule has 0 spiro atoms. The lowest BCUT2D eigenvalue weighted by Gasteiger charge is -2.21. The predicted molar refractivity (Wildman–Crippen MR) is 94.7 cm³/mol. The van der Waals surface area contributed by atoms with Gasteiger partial charge in [-0.05, 0) is 29.8 Å². The fraction of sp³-hybridized carbons (Fsp3) is 0.188. The summed E-state index contributed by atoms with van der Waals surface area (Å²) in [6.07, 6.45) is -1.61. The zero-order chi connectivity index (χ0) is 17.0. The van der Waals surface area contributed by atoms with Crippen LogP contribution in [0.2, 0.25) is 5.02 Å². The molecule has 0 saturated heterocycles. The van der Waals surface area contributed by atoms with E-state index in [-0.39, 0.29) is 5.48 Å². The molecule has 0 aliphatic heterocycles. The summed E-state index contributed by atoms with van der Waals surface area (Å²) < 4.78 is 5.09. The molecule has 0 aromatic heterocycles. The quantitative estimate of drug-likeness (QED) is 0.529. The molecule has 2 atom stereocenters. The van der Waals surface area contributed by atoms with Crippen molar-refractivity contribution in [3.05, 3.63) is 53.1 Å². The molecule has 130 valence electrons. The maximum Gasteiger partial charge on any atom is 0.334 e. The molecule has 0 heterocycles. The number of nitrogen functional groups attached to an aromatic ring is 1. The van der Waals surface area contributed by atoms with E-state index in [2.05, 4.69) is 0 Å². The number of aliphatic hydroxyl groups excluding tert-OH is 1. The number of anilines is 1. The summed E-state index contributed by atoms with van der Waals surface area (Å²) in [6, 6.07) is 11.9. The Balaban J connectivity index is 0.00000288. The molecule has 0 radical (unpaired) electrons. The number of carbonyl (C=O) groups is 1. The SMILES string of the molecule is COc1ccc(C(Sc2c(N)cccc2Cl)C(O)C(=O)O)cc1.O. The van der Waals surface area contributed by atoms with Crippen LogP contribution in [-0.2, 0) is 4.79 Å². The average molecular weight is 372 g/mol. The minimum Gasteiger partial charge on any atom is -0.497 e. The highest BCUT2D eigenvalue weighted by atomic mass is 35.5. The molecular formula is C16H18ClNO5S. The summed E-state index contributed by atoms with van der Waals surface area (Å²) in [7, 11) is 1.54. The van der Waals surface area contributed by atoms with Crippen molar-refractivity contribution in [2.24, 2.45) is 0 Å². The van der Waals surface area contributed by atoms with E-state index in [0.717, 1.165) is 11.8 Å². The highest BCUT2D eigenvalue weighted by molar-refractivity contribution is 7.99. The molecular weight excluding hydrogens is 354 g/mol. The van der Waals surface area contributed by atoms with Crippen LogP contribution in [0.3, 0.4) is 0 Å². The zero-order valence-electron chi connectivity index (χ0n) is 12.8. The third-order valence-corrected chi connectivity index (χ3v) is 5.13. The smallest absolute Gasteiger partial charge is 0.334 e. The number of hydrogen-bond acceptors (Lipinski definition) is 5. The number of hydrogen-bond donors (Lipinski definition) is 3. The van der Waals surface area contributed by atoms with E-state index in [1.807, 2.05) is 0 Å². The number of ether oxygens (including phenoxy) is 1. The molecule has 0 aliphatic rings. The molecule has 6 N–H and O–H groups in total. The maximum atomic E-state index is 11.2. The number of benzene rings is 2. The number of halogens is 1. The average Bonchev–Trinajstić information content (AvgIpc) is 2.54. The van der Waals surface area contributed by atoms with E-state index >= 15 is 0 Å². The van der Waals surface area contributed by atoms with E-state index in [1.165, 1.54) is 7.11 Å².